The normalized spacial score (nSPS) is 11.7. The molecule has 2 aromatic rings. The predicted octanol–water partition coefficient (Wildman–Crippen LogP) is 2.38. The lowest BCUT2D eigenvalue weighted by atomic mass is 9.93. The van der Waals surface area contributed by atoms with E-state index in [1.54, 1.807) is 22.2 Å². The van der Waals surface area contributed by atoms with Gasteiger partial charge in [0.25, 0.3) is 0 Å². The third-order valence-electron chi connectivity index (χ3n) is 2.48. The van der Waals surface area contributed by atoms with Gasteiger partial charge in [0.05, 0.1) is 12.2 Å². The highest BCUT2D eigenvalue weighted by atomic mass is 32.1. The maximum absolute atomic E-state index is 10.7. The average molecular weight is 265 g/mol. The monoisotopic (exact) mass is 265 g/mol. The summed E-state index contributed by atoms with van der Waals surface area (Å²) in [7, 11) is 0. The Hall–Kier alpha value is -1.69. The molecule has 0 aromatic carbocycles. The van der Waals surface area contributed by atoms with Crippen LogP contribution >= 0.6 is 11.3 Å². The first kappa shape index (κ1) is 12.8. The maximum atomic E-state index is 10.7. The maximum Gasteiger partial charge on any atom is 0.356 e. The Bertz CT molecular complexity index is 566. The molecule has 2 aromatic heterocycles. The van der Waals surface area contributed by atoms with Gasteiger partial charge < -0.3 is 5.11 Å². The van der Waals surface area contributed by atoms with E-state index >= 15 is 0 Å². The molecule has 0 aliphatic heterocycles. The van der Waals surface area contributed by atoms with E-state index < -0.39 is 5.97 Å². The number of hydrogen-bond acceptors (Lipinski definition) is 4. The molecule has 0 radical (unpaired) electrons. The summed E-state index contributed by atoms with van der Waals surface area (Å²) in [6.45, 7) is 6.85. The van der Waals surface area contributed by atoms with Gasteiger partial charge in [0.15, 0.2) is 5.69 Å². The zero-order valence-corrected chi connectivity index (χ0v) is 11.4. The highest BCUT2D eigenvalue weighted by molar-refractivity contribution is 7.09. The number of carboxylic acid groups (broad SMARTS) is 1. The predicted molar refractivity (Wildman–Crippen MR) is 69.1 cm³/mol. The van der Waals surface area contributed by atoms with Crippen LogP contribution in [0.15, 0.2) is 17.6 Å². The summed E-state index contributed by atoms with van der Waals surface area (Å²) in [6, 6.07) is 1.49. The van der Waals surface area contributed by atoms with E-state index in [1.165, 1.54) is 6.07 Å². The van der Waals surface area contributed by atoms with Crippen LogP contribution in [0.4, 0.5) is 0 Å². The number of thiazole rings is 1. The fourth-order valence-electron chi connectivity index (χ4n) is 1.43. The van der Waals surface area contributed by atoms with Crippen molar-refractivity contribution in [1.29, 1.82) is 0 Å². The second kappa shape index (κ2) is 4.53. The van der Waals surface area contributed by atoms with Crippen LogP contribution in [0.3, 0.4) is 0 Å². The van der Waals surface area contributed by atoms with E-state index in [-0.39, 0.29) is 11.1 Å². The van der Waals surface area contributed by atoms with Gasteiger partial charge in [-0.25, -0.2) is 9.78 Å². The van der Waals surface area contributed by atoms with Crippen molar-refractivity contribution in [3.63, 3.8) is 0 Å². The molecule has 0 unspecified atom stereocenters. The largest absolute Gasteiger partial charge is 0.476 e. The lowest BCUT2D eigenvalue weighted by Gasteiger charge is -2.14. The minimum absolute atomic E-state index is 0.0328. The minimum Gasteiger partial charge on any atom is -0.476 e. The molecule has 96 valence electrons. The Morgan fingerprint density at radius 3 is 2.72 bits per heavy atom. The number of hydrogen-bond donors (Lipinski definition) is 1. The molecule has 0 bridgehead atoms. The van der Waals surface area contributed by atoms with Crippen molar-refractivity contribution in [3.8, 4) is 0 Å². The van der Waals surface area contributed by atoms with Crippen molar-refractivity contribution in [3.05, 3.63) is 34.0 Å². The number of aromatic carboxylic acids is 1. The number of carbonyl (C=O) groups is 1. The molecular formula is C12H15N3O2S. The summed E-state index contributed by atoms with van der Waals surface area (Å²) in [5.41, 5.74) is 1.14. The highest BCUT2D eigenvalue weighted by Gasteiger charge is 2.17. The van der Waals surface area contributed by atoms with Crippen LogP contribution < -0.4 is 0 Å². The first-order valence-corrected chi connectivity index (χ1v) is 6.46. The highest BCUT2D eigenvalue weighted by Crippen LogP contribution is 2.24. The van der Waals surface area contributed by atoms with E-state index in [0.717, 1.165) is 10.7 Å². The van der Waals surface area contributed by atoms with Crippen LogP contribution in [-0.2, 0) is 12.0 Å². The van der Waals surface area contributed by atoms with Crippen LogP contribution in [0.1, 0.15) is 42.0 Å². The van der Waals surface area contributed by atoms with Crippen molar-refractivity contribution >= 4 is 17.3 Å². The third kappa shape index (κ3) is 2.76. The van der Waals surface area contributed by atoms with Gasteiger partial charge in [-0.1, -0.05) is 20.8 Å². The van der Waals surface area contributed by atoms with Gasteiger partial charge in [0, 0.05) is 17.0 Å². The second-order valence-corrected chi connectivity index (χ2v) is 6.02. The summed E-state index contributed by atoms with van der Waals surface area (Å²) in [4.78, 5) is 15.3. The Balaban J connectivity index is 2.14. The van der Waals surface area contributed by atoms with E-state index in [9.17, 15) is 4.79 Å². The molecule has 0 aliphatic rings. The molecule has 0 atom stereocenters. The molecule has 5 nitrogen and oxygen atoms in total. The fraction of sp³-hybridized carbons (Fsp3) is 0.417. The summed E-state index contributed by atoms with van der Waals surface area (Å²) in [5, 5.41) is 15.7. The quantitative estimate of drug-likeness (QED) is 0.925. The molecule has 0 spiro atoms. The van der Waals surface area contributed by atoms with Gasteiger partial charge in [-0.3, -0.25) is 4.68 Å². The van der Waals surface area contributed by atoms with Crippen LogP contribution in [0.2, 0.25) is 0 Å². The molecule has 0 amide bonds. The molecule has 0 aliphatic carbocycles. The molecule has 6 heteroatoms. The first-order valence-electron chi connectivity index (χ1n) is 5.58. The SMILES string of the molecule is CC(C)(C)c1csc(Cn2ccc(C(=O)O)n2)n1. The Morgan fingerprint density at radius 2 is 2.22 bits per heavy atom. The molecule has 2 heterocycles. The molecular weight excluding hydrogens is 250 g/mol. The number of aromatic nitrogens is 3. The van der Waals surface area contributed by atoms with Crippen LogP contribution in [0, 0.1) is 0 Å². The van der Waals surface area contributed by atoms with Gasteiger partial charge in [-0.05, 0) is 6.07 Å². The summed E-state index contributed by atoms with van der Waals surface area (Å²) < 4.78 is 1.59. The first-order chi connectivity index (χ1) is 8.36. The van der Waals surface area contributed by atoms with Crippen LogP contribution in [0.25, 0.3) is 0 Å². The van der Waals surface area contributed by atoms with Crippen molar-refractivity contribution in [2.45, 2.75) is 32.7 Å². The van der Waals surface area contributed by atoms with Gasteiger partial charge in [-0.15, -0.1) is 11.3 Å². The number of nitrogens with zero attached hydrogens (tertiary/aromatic N) is 3. The summed E-state index contributed by atoms with van der Waals surface area (Å²) in [6.07, 6.45) is 1.65. The Labute approximate surface area is 109 Å². The van der Waals surface area contributed by atoms with Gasteiger partial charge in [0.1, 0.15) is 5.01 Å². The van der Waals surface area contributed by atoms with E-state index in [4.69, 9.17) is 5.11 Å². The minimum atomic E-state index is -1.01. The lowest BCUT2D eigenvalue weighted by molar-refractivity contribution is 0.0689. The second-order valence-electron chi connectivity index (χ2n) is 5.08. The van der Waals surface area contributed by atoms with Crippen LogP contribution in [0.5, 0.6) is 0 Å². The Morgan fingerprint density at radius 1 is 1.50 bits per heavy atom. The molecule has 0 saturated carbocycles. The topological polar surface area (TPSA) is 68.0 Å². The molecule has 2 rings (SSSR count). The summed E-state index contributed by atoms with van der Waals surface area (Å²) >= 11 is 1.57. The zero-order valence-electron chi connectivity index (χ0n) is 10.5. The number of rotatable bonds is 3. The standard InChI is InChI=1S/C12H15N3O2S/c1-12(2,3)9-7-18-10(13-9)6-15-5-4-8(14-15)11(16)17/h4-5,7H,6H2,1-3H3,(H,16,17). The van der Waals surface area contributed by atoms with E-state index in [0.29, 0.717) is 6.54 Å². The van der Waals surface area contributed by atoms with Crippen LogP contribution in [-0.4, -0.2) is 25.8 Å². The molecule has 18 heavy (non-hydrogen) atoms. The van der Waals surface area contributed by atoms with Gasteiger partial charge in [-0.2, -0.15) is 5.10 Å². The zero-order chi connectivity index (χ0) is 13.3. The molecule has 1 N–H and O–H groups in total. The summed E-state index contributed by atoms with van der Waals surface area (Å²) in [5.74, 6) is -1.01. The van der Waals surface area contributed by atoms with E-state index in [1.807, 2.05) is 5.38 Å². The van der Waals surface area contributed by atoms with Crippen molar-refractivity contribution in [2.24, 2.45) is 0 Å². The fourth-order valence-corrected chi connectivity index (χ4v) is 2.44. The lowest BCUT2D eigenvalue weighted by Crippen LogP contribution is -2.12. The number of carboxylic acids is 1. The average Bonchev–Trinajstić information content (AvgIpc) is 2.85. The third-order valence-corrected chi connectivity index (χ3v) is 3.31. The van der Waals surface area contributed by atoms with E-state index in [2.05, 4.69) is 30.9 Å². The molecule has 0 saturated heterocycles. The van der Waals surface area contributed by atoms with Gasteiger partial charge in [0.2, 0.25) is 0 Å². The van der Waals surface area contributed by atoms with Crippen molar-refractivity contribution in [2.75, 3.05) is 0 Å². The Kier molecular flexibility index (Phi) is 3.21. The van der Waals surface area contributed by atoms with Crippen molar-refractivity contribution in [1.82, 2.24) is 14.8 Å². The van der Waals surface area contributed by atoms with Crippen molar-refractivity contribution < 1.29 is 9.90 Å². The smallest absolute Gasteiger partial charge is 0.356 e. The van der Waals surface area contributed by atoms with Gasteiger partial charge >= 0.3 is 5.97 Å². The molecule has 0 fully saturated rings.